The van der Waals surface area contributed by atoms with Gasteiger partial charge >= 0.3 is 0 Å². The molecule has 0 atom stereocenters. The van der Waals surface area contributed by atoms with E-state index in [-0.39, 0.29) is 11.8 Å². The van der Waals surface area contributed by atoms with E-state index in [0.717, 1.165) is 38.8 Å². The van der Waals surface area contributed by atoms with Gasteiger partial charge in [0, 0.05) is 19.5 Å². The van der Waals surface area contributed by atoms with Gasteiger partial charge in [-0.05, 0) is 31.4 Å². The number of nitrogens with zero attached hydrogens (tertiary/aromatic N) is 1. The van der Waals surface area contributed by atoms with Gasteiger partial charge in [-0.2, -0.15) is 0 Å². The molecule has 2 rings (SSSR count). The summed E-state index contributed by atoms with van der Waals surface area (Å²) in [7, 11) is 0. The van der Waals surface area contributed by atoms with Gasteiger partial charge in [-0.3, -0.25) is 9.59 Å². The van der Waals surface area contributed by atoms with Crippen molar-refractivity contribution < 1.29 is 9.59 Å². The number of hydrogen-bond acceptors (Lipinski definition) is 2. The first-order chi connectivity index (χ1) is 15.2. The third-order valence-electron chi connectivity index (χ3n) is 6.33. The molecular weight excluding hydrogens is 384 g/mol. The minimum Gasteiger partial charge on any atom is -0.339 e. The van der Waals surface area contributed by atoms with E-state index in [1.165, 1.54) is 70.6 Å². The number of para-hydroxylation sites is 1. The standard InChI is InChI=1S/C27H44N2O2/c1-2-3-4-5-6-7-8-9-10-11-14-21-26(30)28-25-20-16-15-19-24(25)27(31)29-22-17-12-13-18-23-29/h15-16,19-20H,2-14,17-18,21-23H2,1H3,(H,28,30). The zero-order chi connectivity index (χ0) is 22.2. The highest BCUT2D eigenvalue weighted by atomic mass is 16.2. The van der Waals surface area contributed by atoms with Crippen molar-refractivity contribution in [1.82, 2.24) is 4.90 Å². The highest BCUT2D eigenvalue weighted by Gasteiger charge is 2.20. The van der Waals surface area contributed by atoms with Crippen LogP contribution in [0.5, 0.6) is 0 Å². The van der Waals surface area contributed by atoms with Gasteiger partial charge in [-0.15, -0.1) is 0 Å². The molecule has 2 amide bonds. The Kier molecular flexibility index (Phi) is 13.0. The molecule has 1 aliphatic rings. The molecular formula is C27H44N2O2. The molecule has 174 valence electrons. The maximum atomic E-state index is 13.0. The van der Waals surface area contributed by atoms with Gasteiger partial charge in [-0.1, -0.05) is 96.1 Å². The highest BCUT2D eigenvalue weighted by molar-refractivity contribution is 6.03. The number of benzene rings is 1. The zero-order valence-corrected chi connectivity index (χ0v) is 19.8. The number of carbonyl (C=O) groups is 2. The molecule has 0 spiro atoms. The molecule has 1 fully saturated rings. The van der Waals surface area contributed by atoms with E-state index < -0.39 is 0 Å². The van der Waals surface area contributed by atoms with Gasteiger partial charge in [0.25, 0.3) is 5.91 Å². The second-order valence-electron chi connectivity index (χ2n) is 9.09. The van der Waals surface area contributed by atoms with Gasteiger partial charge in [-0.25, -0.2) is 0 Å². The van der Waals surface area contributed by atoms with Crippen LogP contribution < -0.4 is 5.32 Å². The molecule has 4 heteroatoms. The van der Waals surface area contributed by atoms with Crippen molar-refractivity contribution in [3.05, 3.63) is 29.8 Å². The lowest BCUT2D eigenvalue weighted by molar-refractivity contribution is -0.116. The predicted molar refractivity (Wildman–Crippen MR) is 131 cm³/mol. The fraction of sp³-hybridized carbons (Fsp3) is 0.704. The SMILES string of the molecule is CCCCCCCCCCCCCC(=O)Nc1ccccc1C(=O)N1CCCCCC1. The number of amides is 2. The van der Waals surface area contributed by atoms with Crippen LogP contribution in [0.1, 0.15) is 120 Å². The Morgan fingerprint density at radius 1 is 0.774 bits per heavy atom. The summed E-state index contributed by atoms with van der Waals surface area (Å²) in [5, 5.41) is 3.00. The lowest BCUT2D eigenvalue weighted by atomic mass is 10.1. The fourth-order valence-corrected chi connectivity index (χ4v) is 4.39. The van der Waals surface area contributed by atoms with Crippen LogP contribution in [0.4, 0.5) is 5.69 Å². The smallest absolute Gasteiger partial charge is 0.255 e. The third kappa shape index (κ3) is 10.3. The Balaban J connectivity index is 1.64. The molecule has 1 aromatic carbocycles. The minimum absolute atomic E-state index is 0.0204. The number of nitrogens with one attached hydrogen (secondary N) is 1. The van der Waals surface area contributed by atoms with Gasteiger partial charge in [0.1, 0.15) is 0 Å². The van der Waals surface area contributed by atoms with Crippen LogP contribution in [-0.2, 0) is 4.79 Å². The Labute approximate surface area is 190 Å². The summed E-state index contributed by atoms with van der Waals surface area (Å²) in [5.74, 6) is 0.0690. The molecule has 1 aliphatic heterocycles. The van der Waals surface area contributed by atoms with Crippen LogP contribution in [0, 0.1) is 0 Å². The first-order valence-electron chi connectivity index (χ1n) is 12.9. The van der Waals surface area contributed by atoms with Gasteiger partial charge in [0.2, 0.25) is 5.91 Å². The summed E-state index contributed by atoms with van der Waals surface area (Å²) >= 11 is 0. The van der Waals surface area contributed by atoms with E-state index in [2.05, 4.69) is 12.2 Å². The molecule has 31 heavy (non-hydrogen) atoms. The van der Waals surface area contributed by atoms with Crippen molar-refractivity contribution in [1.29, 1.82) is 0 Å². The van der Waals surface area contributed by atoms with Crippen LogP contribution in [-0.4, -0.2) is 29.8 Å². The zero-order valence-electron chi connectivity index (χ0n) is 19.8. The van der Waals surface area contributed by atoms with E-state index in [1.807, 2.05) is 29.2 Å². The molecule has 1 aromatic rings. The molecule has 0 aliphatic carbocycles. The number of likely N-dealkylation sites (tertiary alicyclic amines) is 1. The molecule has 4 nitrogen and oxygen atoms in total. The molecule has 1 saturated heterocycles. The highest BCUT2D eigenvalue weighted by Crippen LogP contribution is 2.20. The van der Waals surface area contributed by atoms with E-state index >= 15 is 0 Å². The first-order valence-corrected chi connectivity index (χ1v) is 12.9. The summed E-state index contributed by atoms with van der Waals surface area (Å²) in [4.78, 5) is 27.4. The van der Waals surface area contributed by atoms with Crippen molar-refractivity contribution in [3.63, 3.8) is 0 Å². The van der Waals surface area contributed by atoms with Crippen molar-refractivity contribution in [2.24, 2.45) is 0 Å². The van der Waals surface area contributed by atoms with E-state index in [0.29, 0.717) is 17.7 Å². The third-order valence-corrected chi connectivity index (χ3v) is 6.33. The van der Waals surface area contributed by atoms with Crippen LogP contribution in [0.15, 0.2) is 24.3 Å². The Morgan fingerprint density at radius 3 is 1.94 bits per heavy atom. The van der Waals surface area contributed by atoms with Crippen LogP contribution in [0.3, 0.4) is 0 Å². The van der Waals surface area contributed by atoms with Crippen LogP contribution in [0.25, 0.3) is 0 Å². The van der Waals surface area contributed by atoms with Gasteiger partial charge < -0.3 is 10.2 Å². The van der Waals surface area contributed by atoms with Crippen molar-refractivity contribution in [3.8, 4) is 0 Å². The van der Waals surface area contributed by atoms with Crippen LogP contribution in [0.2, 0.25) is 0 Å². The molecule has 1 heterocycles. The van der Waals surface area contributed by atoms with Crippen molar-refractivity contribution in [2.75, 3.05) is 18.4 Å². The molecule has 0 unspecified atom stereocenters. The fourth-order valence-electron chi connectivity index (χ4n) is 4.39. The number of unbranched alkanes of at least 4 members (excludes halogenated alkanes) is 10. The summed E-state index contributed by atoms with van der Waals surface area (Å²) in [6.07, 6.45) is 19.1. The van der Waals surface area contributed by atoms with E-state index in [9.17, 15) is 9.59 Å². The van der Waals surface area contributed by atoms with Crippen molar-refractivity contribution in [2.45, 2.75) is 110 Å². The van der Waals surface area contributed by atoms with Gasteiger partial charge in [0.05, 0.1) is 11.3 Å². The maximum Gasteiger partial charge on any atom is 0.255 e. The average Bonchev–Trinajstić information content (AvgIpc) is 3.07. The summed E-state index contributed by atoms with van der Waals surface area (Å²) < 4.78 is 0. The maximum absolute atomic E-state index is 13.0. The Morgan fingerprint density at radius 2 is 1.32 bits per heavy atom. The average molecular weight is 429 g/mol. The molecule has 0 aromatic heterocycles. The predicted octanol–water partition coefficient (Wildman–Crippen LogP) is 7.34. The van der Waals surface area contributed by atoms with Crippen LogP contribution >= 0.6 is 0 Å². The van der Waals surface area contributed by atoms with E-state index in [1.54, 1.807) is 0 Å². The first kappa shape index (κ1) is 25.4. The largest absolute Gasteiger partial charge is 0.339 e. The Bertz CT molecular complexity index is 636. The Hall–Kier alpha value is -1.84. The molecule has 0 bridgehead atoms. The number of anilines is 1. The normalized spacial score (nSPS) is 14.3. The minimum atomic E-state index is 0.0204. The number of hydrogen-bond donors (Lipinski definition) is 1. The summed E-state index contributed by atoms with van der Waals surface area (Å²) in [5.41, 5.74) is 1.28. The van der Waals surface area contributed by atoms with Gasteiger partial charge in [0.15, 0.2) is 0 Å². The summed E-state index contributed by atoms with van der Waals surface area (Å²) in [6, 6.07) is 7.45. The van der Waals surface area contributed by atoms with E-state index in [4.69, 9.17) is 0 Å². The lowest BCUT2D eigenvalue weighted by Gasteiger charge is -2.22. The topological polar surface area (TPSA) is 49.4 Å². The monoisotopic (exact) mass is 428 g/mol. The quantitative estimate of drug-likeness (QED) is 0.315. The lowest BCUT2D eigenvalue weighted by Crippen LogP contribution is -2.32. The number of carbonyl (C=O) groups excluding carboxylic acids is 2. The molecule has 0 saturated carbocycles. The number of rotatable bonds is 14. The molecule has 1 N–H and O–H groups in total. The summed E-state index contributed by atoms with van der Waals surface area (Å²) in [6.45, 7) is 3.90. The second kappa shape index (κ2) is 15.9. The second-order valence-corrected chi connectivity index (χ2v) is 9.09. The van der Waals surface area contributed by atoms with Crippen molar-refractivity contribution >= 4 is 17.5 Å². The molecule has 0 radical (unpaired) electrons.